The number of nitrogens with zero attached hydrogens (tertiary/aromatic N) is 3. The van der Waals surface area contributed by atoms with Crippen molar-refractivity contribution in [3.8, 4) is 23.1 Å². The molecule has 2 aromatic heterocycles. The standard InChI is InChI=1S/C28H29N3O5/c1-18-29-30-28(35-18)27-15-23-25(5-2-6-26(23)36-27)34-17-22(32)16-31-11-9-19(10-12-31)20-7-8-24-21(14-20)4-3-13-33-24/h2-8,14-15,19,22,32H,9-13,16-17H2,1H3. The van der Waals surface area contributed by atoms with Crippen molar-refractivity contribution in [2.24, 2.45) is 0 Å². The van der Waals surface area contributed by atoms with Gasteiger partial charge < -0.3 is 28.3 Å². The van der Waals surface area contributed by atoms with Gasteiger partial charge in [-0.2, -0.15) is 0 Å². The highest BCUT2D eigenvalue weighted by Crippen LogP contribution is 2.34. The molecule has 1 saturated heterocycles. The number of likely N-dealkylation sites (tertiary alicyclic amines) is 1. The summed E-state index contributed by atoms with van der Waals surface area (Å²) in [5, 5.41) is 19.4. The van der Waals surface area contributed by atoms with Gasteiger partial charge in [0.2, 0.25) is 5.89 Å². The van der Waals surface area contributed by atoms with Crippen molar-refractivity contribution in [3.63, 3.8) is 0 Å². The first kappa shape index (κ1) is 22.8. The summed E-state index contributed by atoms with van der Waals surface area (Å²) in [7, 11) is 0. The highest BCUT2D eigenvalue weighted by atomic mass is 16.5. The Morgan fingerprint density at radius 2 is 2.00 bits per heavy atom. The van der Waals surface area contributed by atoms with Crippen molar-refractivity contribution in [3.05, 3.63) is 65.6 Å². The number of benzene rings is 2. The molecule has 1 N–H and O–H groups in total. The predicted molar refractivity (Wildman–Crippen MR) is 135 cm³/mol. The van der Waals surface area contributed by atoms with Gasteiger partial charge in [-0.3, -0.25) is 0 Å². The molecule has 1 unspecified atom stereocenters. The summed E-state index contributed by atoms with van der Waals surface area (Å²) in [4.78, 5) is 2.32. The molecule has 0 radical (unpaired) electrons. The number of fused-ring (bicyclic) bond motifs is 2. The molecular weight excluding hydrogens is 458 g/mol. The molecule has 2 aliphatic heterocycles. The van der Waals surface area contributed by atoms with Gasteiger partial charge in [-0.15, -0.1) is 10.2 Å². The topological polar surface area (TPSA) is 94.0 Å². The Kier molecular flexibility index (Phi) is 6.21. The molecule has 0 aliphatic carbocycles. The van der Waals surface area contributed by atoms with Crippen molar-refractivity contribution in [2.75, 3.05) is 32.8 Å². The van der Waals surface area contributed by atoms with E-state index in [1.807, 2.05) is 24.3 Å². The van der Waals surface area contributed by atoms with Crippen LogP contribution in [0.4, 0.5) is 0 Å². The number of rotatable bonds is 7. The van der Waals surface area contributed by atoms with E-state index in [1.54, 1.807) is 6.92 Å². The van der Waals surface area contributed by atoms with E-state index in [0.29, 0.717) is 47.9 Å². The van der Waals surface area contributed by atoms with E-state index in [-0.39, 0.29) is 6.61 Å². The van der Waals surface area contributed by atoms with Crippen LogP contribution in [0, 0.1) is 6.92 Å². The second kappa shape index (κ2) is 9.79. The first-order valence-corrected chi connectivity index (χ1v) is 12.4. The Labute approximate surface area is 209 Å². The largest absolute Gasteiger partial charge is 0.490 e. The van der Waals surface area contributed by atoms with Crippen LogP contribution in [0.3, 0.4) is 0 Å². The minimum atomic E-state index is -0.590. The first-order chi connectivity index (χ1) is 17.6. The van der Waals surface area contributed by atoms with E-state index in [4.69, 9.17) is 18.3 Å². The van der Waals surface area contributed by atoms with E-state index in [2.05, 4.69) is 45.4 Å². The molecule has 0 spiro atoms. The Bertz CT molecular complexity index is 1380. The molecule has 0 saturated carbocycles. The third-order valence-electron chi connectivity index (χ3n) is 6.88. The lowest BCUT2D eigenvalue weighted by Gasteiger charge is -2.33. The summed E-state index contributed by atoms with van der Waals surface area (Å²) >= 11 is 0. The van der Waals surface area contributed by atoms with E-state index in [1.165, 1.54) is 11.1 Å². The molecule has 8 nitrogen and oxygen atoms in total. The highest BCUT2D eigenvalue weighted by molar-refractivity contribution is 5.87. The molecule has 8 heteroatoms. The molecule has 4 heterocycles. The van der Waals surface area contributed by atoms with E-state index >= 15 is 0 Å². The lowest BCUT2D eigenvalue weighted by Crippen LogP contribution is -2.40. The summed E-state index contributed by atoms with van der Waals surface area (Å²) in [5.74, 6) is 3.45. The summed E-state index contributed by atoms with van der Waals surface area (Å²) in [6.45, 7) is 5.08. The van der Waals surface area contributed by atoms with Crippen LogP contribution in [0.1, 0.15) is 35.8 Å². The van der Waals surface area contributed by atoms with Crippen LogP contribution in [0.5, 0.6) is 11.5 Å². The maximum absolute atomic E-state index is 10.7. The third-order valence-corrected chi connectivity index (χ3v) is 6.88. The van der Waals surface area contributed by atoms with Crippen molar-refractivity contribution in [1.29, 1.82) is 0 Å². The number of β-amino-alcohol motifs (C(OH)–C–C–N with tert-alkyl or cyclic N) is 1. The van der Waals surface area contributed by atoms with Crippen LogP contribution in [0.15, 0.2) is 57.4 Å². The number of aryl methyl sites for hydroxylation is 1. The maximum Gasteiger partial charge on any atom is 0.283 e. The number of furan rings is 1. The molecule has 1 fully saturated rings. The monoisotopic (exact) mass is 487 g/mol. The van der Waals surface area contributed by atoms with Crippen molar-refractivity contribution in [2.45, 2.75) is 31.8 Å². The summed E-state index contributed by atoms with van der Waals surface area (Å²) in [5.41, 5.74) is 3.20. The summed E-state index contributed by atoms with van der Waals surface area (Å²) < 4.78 is 23.0. The number of aromatic nitrogens is 2. The zero-order chi connectivity index (χ0) is 24.5. The third kappa shape index (κ3) is 4.74. The average molecular weight is 488 g/mol. The van der Waals surface area contributed by atoms with Gasteiger partial charge >= 0.3 is 0 Å². The number of hydrogen-bond donors (Lipinski definition) is 1. The van der Waals surface area contributed by atoms with Gasteiger partial charge in [0.15, 0.2) is 5.76 Å². The number of ether oxygens (including phenoxy) is 2. The molecule has 1 atom stereocenters. The van der Waals surface area contributed by atoms with Gasteiger partial charge in [-0.25, -0.2) is 0 Å². The fourth-order valence-corrected chi connectivity index (χ4v) is 5.04. The Morgan fingerprint density at radius 3 is 2.83 bits per heavy atom. The quantitative estimate of drug-likeness (QED) is 0.397. The fourth-order valence-electron chi connectivity index (χ4n) is 5.04. The Morgan fingerprint density at radius 1 is 1.11 bits per heavy atom. The zero-order valence-corrected chi connectivity index (χ0v) is 20.2. The normalized spacial score (nSPS) is 17.2. The SMILES string of the molecule is Cc1nnc(-c2cc3c(OCC(O)CN4CCC(c5ccc6c(c5)C=CCO6)CC4)cccc3o2)o1. The average Bonchev–Trinajstić information content (AvgIpc) is 3.54. The van der Waals surface area contributed by atoms with Crippen LogP contribution in [-0.2, 0) is 0 Å². The molecule has 36 heavy (non-hydrogen) atoms. The minimum Gasteiger partial charge on any atom is -0.490 e. The molecule has 6 rings (SSSR count). The Hall–Kier alpha value is -3.62. The number of aliphatic hydroxyl groups is 1. The van der Waals surface area contributed by atoms with Crippen molar-refractivity contribution in [1.82, 2.24) is 15.1 Å². The summed E-state index contributed by atoms with van der Waals surface area (Å²) in [6.07, 6.45) is 5.75. The molecule has 0 amide bonds. The van der Waals surface area contributed by atoms with Crippen LogP contribution in [0.2, 0.25) is 0 Å². The second-order valence-electron chi connectivity index (χ2n) is 9.46. The molecule has 4 aromatic rings. The zero-order valence-electron chi connectivity index (χ0n) is 20.2. The lowest BCUT2D eigenvalue weighted by molar-refractivity contribution is 0.0599. The number of hydrogen-bond acceptors (Lipinski definition) is 8. The smallest absolute Gasteiger partial charge is 0.283 e. The Balaban J connectivity index is 1.03. The maximum atomic E-state index is 10.7. The predicted octanol–water partition coefficient (Wildman–Crippen LogP) is 4.82. The molecule has 2 aliphatic rings. The van der Waals surface area contributed by atoms with Gasteiger partial charge in [0.05, 0.1) is 5.39 Å². The van der Waals surface area contributed by atoms with E-state index < -0.39 is 6.10 Å². The van der Waals surface area contributed by atoms with E-state index in [9.17, 15) is 5.11 Å². The van der Waals surface area contributed by atoms with Crippen LogP contribution >= 0.6 is 0 Å². The lowest BCUT2D eigenvalue weighted by atomic mass is 9.88. The molecular formula is C28H29N3O5. The number of piperidine rings is 1. The van der Waals surface area contributed by atoms with Gasteiger partial charge in [-0.05, 0) is 67.8 Å². The van der Waals surface area contributed by atoms with Gasteiger partial charge in [-0.1, -0.05) is 18.2 Å². The minimum absolute atomic E-state index is 0.205. The first-order valence-electron chi connectivity index (χ1n) is 12.4. The van der Waals surface area contributed by atoms with Crippen LogP contribution in [0.25, 0.3) is 28.7 Å². The summed E-state index contributed by atoms with van der Waals surface area (Å²) in [6, 6.07) is 14.0. The highest BCUT2D eigenvalue weighted by Gasteiger charge is 2.23. The van der Waals surface area contributed by atoms with Crippen molar-refractivity contribution < 1.29 is 23.4 Å². The van der Waals surface area contributed by atoms with Gasteiger partial charge in [0.1, 0.15) is 36.4 Å². The van der Waals surface area contributed by atoms with E-state index in [0.717, 1.165) is 37.1 Å². The molecule has 186 valence electrons. The van der Waals surface area contributed by atoms with Gasteiger partial charge in [0, 0.05) is 25.1 Å². The van der Waals surface area contributed by atoms with Crippen molar-refractivity contribution >= 4 is 17.0 Å². The fraction of sp³-hybridized carbons (Fsp3) is 0.357. The molecule has 0 bridgehead atoms. The van der Waals surface area contributed by atoms with Gasteiger partial charge in [0.25, 0.3) is 5.89 Å². The number of aliphatic hydroxyl groups excluding tert-OH is 1. The van der Waals surface area contributed by atoms with Crippen LogP contribution < -0.4 is 9.47 Å². The second-order valence-corrected chi connectivity index (χ2v) is 9.46. The van der Waals surface area contributed by atoms with Crippen LogP contribution in [-0.4, -0.2) is 59.2 Å². The molecule has 2 aromatic carbocycles.